The van der Waals surface area contributed by atoms with Crippen molar-refractivity contribution in [3.05, 3.63) is 83.9 Å². The number of para-hydroxylation sites is 2. The number of carbonyl (C=O) groups is 3. The van der Waals surface area contributed by atoms with Crippen LogP contribution < -0.4 is 23.8 Å². The molecule has 1 spiro atoms. The molecule has 0 aliphatic carbocycles. The second-order valence-corrected chi connectivity index (χ2v) is 14.4. The minimum absolute atomic E-state index is 0.0911. The summed E-state index contributed by atoms with van der Waals surface area (Å²) in [5, 5.41) is 0. The van der Waals surface area contributed by atoms with E-state index in [-0.39, 0.29) is 23.6 Å². The monoisotopic (exact) mass is 797 g/mol. The minimum atomic E-state index is -2.17. The summed E-state index contributed by atoms with van der Waals surface area (Å²) in [5.74, 6) is -1.99. The van der Waals surface area contributed by atoms with Gasteiger partial charge in [0.05, 0.1) is 51.5 Å². The van der Waals surface area contributed by atoms with Crippen molar-refractivity contribution in [3.8, 4) is 23.0 Å². The maximum atomic E-state index is 14.8. The molecule has 0 radical (unpaired) electrons. The van der Waals surface area contributed by atoms with Crippen LogP contribution in [0.25, 0.3) is 11.0 Å². The van der Waals surface area contributed by atoms with Gasteiger partial charge in [-0.2, -0.15) is 0 Å². The van der Waals surface area contributed by atoms with Gasteiger partial charge in [-0.05, 0) is 81.2 Å². The number of imidazole rings is 1. The van der Waals surface area contributed by atoms with E-state index in [1.807, 2.05) is 49.4 Å². The van der Waals surface area contributed by atoms with Gasteiger partial charge in [-0.25, -0.2) is 14.6 Å². The van der Waals surface area contributed by atoms with Gasteiger partial charge in [-0.3, -0.25) is 9.69 Å². The molecule has 4 aromatic rings. The van der Waals surface area contributed by atoms with Crippen molar-refractivity contribution in [1.29, 1.82) is 0 Å². The highest BCUT2D eigenvalue weighted by atomic mass is 16.8. The first-order chi connectivity index (χ1) is 28.2. The summed E-state index contributed by atoms with van der Waals surface area (Å²) in [6.45, 7) is 7.58. The van der Waals surface area contributed by atoms with Gasteiger partial charge in [0, 0.05) is 57.0 Å². The number of methoxy groups -OCH3 is 4. The van der Waals surface area contributed by atoms with Crippen LogP contribution in [0.1, 0.15) is 42.1 Å². The van der Waals surface area contributed by atoms with E-state index in [0.29, 0.717) is 50.6 Å². The highest BCUT2D eigenvalue weighted by molar-refractivity contribution is 5.98. The lowest BCUT2D eigenvalue weighted by Gasteiger charge is -2.46. The molecule has 1 atom stereocenters. The third-order valence-electron chi connectivity index (χ3n) is 11.4. The van der Waals surface area contributed by atoms with E-state index in [0.717, 1.165) is 67.3 Å². The zero-order chi connectivity index (χ0) is 40.9. The third-order valence-corrected chi connectivity index (χ3v) is 11.4. The van der Waals surface area contributed by atoms with Gasteiger partial charge in [0.15, 0.2) is 11.5 Å². The van der Waals surface area contributed by atoms with Gasteiger partial charge in [-0.15, -0.1) is 0 Å². The lowest BCUT2D eigenvalue weighted by atomic mass is 9.73. The molecule has 15 nitrogen and oxygen atoms in total. The fraction of sp³-hybridized carbons (Fsp3) is 0.442. The van der Waals surface area contributed by atoms with Crippen LogP contribution >= 0.6 is 0 Å². The van der Waals surface area contributed by atoms with Crippen LogP contribution in [0.3, 0.4) is 0 Å². The zero-order valence-electron chi connectivity index (χ0n) is 33.7. The first kappa shape index (κ1) is 40.4. The number of rotatable bonds is 14. The molecule has 2 saturated heterocycles. The van der Waals surface area contributed by atoms with Crippen LogP contribution in [0.5, 0.6) is 23.0 Å². The Balaban J connectivity index is 1.23. The number of carbonyl (C=O) groups excluding carboxylic acids is 3. The molecule has 0 bridgehead atoms. The van der Waals surface area contributed by atoms with Gasteiger partial charge in [-0.1, -0.05) is 24.3 Å². The molecule has 58 heavy (non-hydrogen) atoms. The van der Waals surface area contributed by atoms with E-state index < -0.39 is 29.2 Å². The normalized spacial score (nSPS) is 19.5. The van der Waals surface area contributed by atoms with E-state index in [4.69, 9.17) is 38.1 Å². The summed E-state index contributed by atoms with van der Waals surface area (Å²) < 4.78 is 42.6. The maximum absolute atomic E-state index is 14.8. The van der Waals surface area contributed by atoms with Crippen LogP contribution in [0.2, 0.25) is 0 Å². The highest BCUT2D eigenvalue weighted by Crippen LogP contribution is 2.53. The van der Waals surface area contributed by atoms with E-state index in [1.54, 1.807) is 7.11 Å². The number of likely N-dealkylation sites (tertiary alicyclic amines) is 1. The fourth-order valence-electron chi connectivity index (χ4n) is 8.50. The second-order valence-electron chi connectivity index (χ2n) is 14.4. The van der Waals surface area contributed by atoms with Gasteiger partial charge >= 0.3 is 17.8 Å². The number of nitrogens with zero attached hydrogens (tertiary/aromatic N) is 5. The van der Waals surface area contributed by atoms with Crippen LogP contribution in [0.4, 0.5) is 5.95 Å². The molecule has 15 heteroatoms. The number of fused-ring (bicyclic) bond motifs is 1. The van der Waals surface area contributed by atoms with E-state index in [1.165, 1.54) is 38.4 Å². The molecule has 308 valence electrons. The summed E-state index contributed by atoms with van der Waals surface area (Å²) in [6.07, 6.45) is 3.60. The smallest absolute Gasteiger partial charge is 0.355 e. The molecule has 3 aromatic carbocycles. The molecule has 3 aliphatic rings. The molecule has 0 N–H and O–H groups in total. The molecular formula is C43H51N5O10. The van der Waals surface area contributed by atoms with Crippen molar-refractivity contribution in [1.82, 2.24) is 19.4 Å². The van der Waals surface area contributed by atoms with Crippen molar-refractivity contribution < 1.29 is 47.5 Å². The lowest BCUT2D eigenvalue weighted by Crippen LogP contribution is -2.63. The molecule has 2 fully saturated rings. The van der Waals surface area contributed by atoms with Crippen LogP contribution in [0, 0.1) is 0 Å². The predicted octanol–water partition coefficient (Wildman–Crippen LogP) is 4.80. The summed E-state index contributed by atoms with van der Waals surface area (Å²) in [7, 11) is 5.97. The first-order valence-corrected chi connectivity index (χ1v) is 19.6. The molecule has 1 aromatic heterocycles. The number of benzene rings is 3. The highest BCUT2D eigenvalue weighted by Gasteiger charge is 2.68. The van der Waals surface area contributed by atoms with E-state index >= 15 is 0 Å². The minimum Gasteiger partial charge on any atom is -0.497 e. The number of ether oxygens (including phenoxy) is 7. The zero-order valence-corrected chi connectivity index (χ0v) is 33.7. The average molecular weight is 798 g/mol. The van der Waals surface area contributed by atoms with Crippen molar-refractivity contribution in [2.75, 3.05) is 85.8 Å². The standard InChI is InChI=1S/C43H51N5O10/c1-6-56-27-26-47-34-11-8-7-10-33(34)44-41(47)46-21-9-20-45(24-25-46)22-18-42(31-12-14-32(52-2)15-13-31)19-23-48(43(42)57-37(49)16-17-38(50)58-43)40(51)30-28-35(53-3)39(55-5)36(29-30)54-4/h7-8,10-17,28-29H,6,9,18-27H2,1-5H3. The van der Waals surface area contributed by atoms with Crippen molar-refractivity contribution >= 4 is 34.8 Å². The van der Waals surface area contributed by atoms with Crippen molar-refractivity contribution in [2.45, 2.75) is 44.1 Å². The van der Waals surface area contributed by atoms with Gasteiger partial charge in [0.25, 0.3) is 5.91 Å². The van der Waals surface area contributed by atoms with E-state index in [2.05, 4.69) is 20.4 Å². The van der Waals surface area contributed by atoms with Crippen LogP contribution in [-0.4, -0.2) is 124 Å². The SMILES string of the molecule is CCOCCn1c(N2CCCN(CCC3(c4ccc(OC)cc4)CCN(C(=O)c4cc(OC)c(OC)c(OC)c4)C34OC(=O)C=CC(=O)O4)CC2)nc2ccccc21. The Kier molecular flexibility index (Phi) is 12.1. The summed E-state index contributed by atoms with van der Waals surface area (Å²) in [5.41, 5.74) is 1.68. The molecule has 1 unspecified atom stereocenters. The Labute approximate surface area is 337 Å². The van der Waals surface area contributed by atoms with Gasteiger partial charge in [0.2, 0.25) is 11.7 Å². The maximum Gasteiger partial charge on any atom is 0.355 e. The Morgan fingerprint density at radius 1 is 0.810 bits per heavy atom. The number of hydrogen-bond acceptors (Lipinski definition) is 13. The summed E-state index contributed by atoms with van der Waals surface area (Å²) >= 11 is 0. The fourth-order valence-corrected chi connectivity index (χ4v) is 8.50. The van der Waals surface area contributed by atoms with Gasteiger partial charge in [0.1, 0.15) is 5.75 Å². The number of esters is 2. The van der Waals surface area contributed by atoms with Gasteiger partial charge < -0.3 is 47.5 Å². The Morgan fingerprint density at radius 2 is 1.52 bits per heavy atom. The van der Waals surface area contributed by atoms with Crippen molar-refractivity contribution in [3.63, 3.8) is 0 Å². The molecule has 7 rings (SSSR count). The lowest BCUT2D eigenvalue weighted by molar-refractivity contribution is -0.283. The number of anilines is 1. The number of amides is 1. The molecular weight excluding hydrogens is 746 g/mol. The summed E-state index contributed by atoms with van der Waals surface area (Å²) in [4.78, 5) is 52.9. The Hall–Kier alpha value is -5.80. The van der Waals surface area contributed by atoms with Crippen molar-refractivity contribution in [2.24, 2.45) is 0 Å². The largest absolute Gasteiger partial charge is 0.497 e. The number of aromatic nitrogens is 2. The van der Waals surface area contributed by atoms with Crippen LogP contribution in [0.15, 0.2) is 72.8 Å². The topological polar surface area (TPSA) is 143 Å². The van der Waals surface area contributed by atoms with E-state index in [9.17, 15) is 14.4 Å². The Bertz CT molecular complexity index is 2110. The number of hydrogen-bond donors (Lipinski definition) is 0. The average Bonchev–Trinajstić information content (AvgIpc) is 3.58. The predicted molar refractivity (Wildman–Crippen MR) is 215 cm³/mol. The molecule has 0 saturated carbocycles. The molecule has 1 amide bonds. The quantitative estimate of drug-likeness (QED) is 0.127. The first-order valence-electron chi connectivity index (χ1n) is 19.6. The molecule has 4 heterocycles. The summed E-state index contributed by atoms with van der Waals surface area (Å²) in [6, 6.07) is 18.6. The second kappa shape index (κ2) is 17.4. The third kappa shape index (κ3) is 7.51. The molecule has 3 aliphatic heterocycles. The van der Waals surface area contributed by atoms with Crippen LogP contribution in [-0.2, 0) is 35.8 Å². The Morgan fingerprint density at radius 3 is 2.17 bits per heavy atom.